The molecule has 3 aromatic rings. The standard InChI is InChI=1S/C17H12Cl2NP/c18-13-4-1-6-15(10-13)21(17-8-3-9-20-12-17)16-7-2-5-14(19)11-16/h1-12H. The van der Waals surface area contributed by atoms with Crippen LogP contribution in [0.5, 0.6) is 0 Å². The second kappa shape index (κ2) is 6.58. The first-order chi connectivity index (χ1) is 10.2. The molecule has 4 heteroatoms. The fourth-order valence-electron chi connectivity index (χ4n) is 2.16. The largest absolute Gasteiger partial charge is 0.264 e. The number of nitrogens with zero attached hydrogens (tertiary/aromatic N) is 1. The number of pyridine rings is 1. The zero-order valence-corrected chi connectivity index (χ0v) is 13.5. The Morgan fingerprint density at radius 2 is 1.29 bits per heavy atom. The highest BCUT2D eigenvalue weighted by Gasteiger charge is 2.17. The van der Waals surface area contributed by atoms with Crippen LogP contribution in [0.2, 0.25) is 10.0 Å². The Balaban J connectivity index is 2.16. The van der Waals surface area contributed by atoms with Gasteiger partial charge in [0.2, 0.25) is 0 Å². The molecule has 2 aromatic carbocycles. The van der Waals surface area contributed by atoms with Crippen molar-refractivity contribution in [2.45, 2.75) is 0 Å². The summed E-state index contributed by atoms with van der Waals surface area (Å²) in [4.78, 5) is 4.25. The van der Waals surface area contributed by atoms with Gasteiger partial charge >= 0.3 is 0 Å². The van der Waals surface area contributed by atoms with Gasteiger partial charge in [0.25, 0.3) is 0 Å². The van der Waals surface area contributed by atoms with E-state index in [1.807, 2.05) is 48.7 Å². The minimum atomic E-state index is -0.710. The van der Waals surface area contributed by atoms with Crippen LogP contribution in [0.1, 0.15) is 0 Å². The van der Waals surface area contributed by atoms with Crippen molar-refractivity contribution in [3.8, 4) is 0 Å². The molecule has 1 aromatic heterocycles. The number of rotatable bonds is 3. The smallest absolute Gasteiger partial charge is 0.0412 e. The Bertz CT molecular complexity index is 701. The van der Waals surface area contributed by atoms with Crippen LogP contribution in [0.4, 0.5) is 0 Å². The average Bonchev–Trinajstić information content (AvgIpc) is 2.49. The molecule has 0 bridgehead atoms. The van der Waals surface area contributed by atoms with E-state index in [1.54, 1.807) is 6.20 Å². The molecule has 1 nitrogen and oxygen atoms in total. The van der Waals surface area contributed by atoms with E-state index >= 15 is 0 Å². The van der Waals surface area contributed by atoms with Crippen molar-refractivity contribution in [2.75, 3.05) is 0 Å². The summed E-state index contributed by atoms with van der Waals surface area (Å²) >= 11 is 12.3. The van der Waals surface area contributed by atoms with Crippen molar-refractivity contribution in [1.82, 2.24) is 4.98 Å². The predicted molar refractivity (Wildman–Crippen MR) is 93.0 cm³/mol. The Kier molecular flexibility index (Phi) is 4.55. The third-order valence-corrected chi connectivity index (χ3v) is 5.88. The van der Waals surface area contributed by atoms with Crippen molar-refractivity contribution < 1.29 is 0 Å². The Morgan fingerprint density at radius 1 is 0.714 bits per heavy atom. The highest BCUT2D eigenvalue weighted by Crippen LogP contribution is 2.33. The van der Waals surface area contributed by atoms with Gasteiger partial charge in [-0.1, -0.05) is 53.5 Å². The molecule has 0 saturated carbocycles. The highest BCUT2D eigenvalue weighted by atomic mass is 35.5. The van der Waals surface area contributed by atoms with Crippen LogP contribution < -0.4 is 15.9 Å². The van der Waals surface area contributed by atoms with Crippen LogP contribution in [-0.4, -0.2) is 4.98 Å². The first-order valence-electron chi connectivity index (χ1n) is 6.45. The van der Waals surface area contributed by atoms with Gasteiger partial charge in [0.15, 0.2) is 0 Å². The fraction of sp³-hybridized carbons (Fsp3) is 0. The van der Waals surface area contributed by atoms with E-state index in [9.17, 15) is 0 Å². The molecule has 0 N–H and O–H groups in total. The molecular weight excluding hydrogens is 320 g/mol. The van der Waals surface area contributed by atoms with E-state index in [2.05, 4.69) is 23.2 Å². The molecule has 104 valence electrons. The van der Waals surface area contributed by atoms with Gasteiger partial charge in [-0.2, -0.15) is 0 Å². The Hall–Kier alpha value is -1.40. The lowest BCUT2D eigenvalue weighted by molar-refractivity contribution is 1.35. The second-order valence-electron chi connectivity index (χ2n) is 4.51. The van der Waals surface area contributed by atoms with Gasteiger partial charge in [0, 0.05) is 27.7 Å². The molecule has 0 spiro atoms. The Labute approximate surface area is 135 Å². The maximum atomic E-state index is 6.16. The summed E-state index contributed by atoms with van der Waals surface area (Å²) in [5, 5.41) is 5.04. The fourth-order valence-corrected chi connectivity index (χ4v) is 5.01. The van der Waals surface area contributed by atoms with E-state index in [4.69, 9.17) is 23.2 Å². The molecule has 0 aliphatic carbocycles. The van der Waals surface area contributed by atoms with Crippen molar-refractivity contribution in [3.63, 3.8) is 0 Å². The highest BCUT2D eigenvalue weighted by molar-refractivity contribution is 7.79. The van der Waals surface area contributed by atoms with Crippen molar-refractivity contribution in [1.29, 1.82) is 0 Å². The summed E-state index contributed by atoms with van der Waals surface area (Å²) in [7, 11) is -0.710. The minimum Gasteiger partial charge on any atom is -0.264 e. The predicted octanol–water partition coefficient (Wildman–Crippen LogP) is 4.15. The van der Waals surface area contributed by atoms with E-state index in [-0.39, 0.29) is 0 Å². The van der Waals surface area contributed by atoms with Gasteiger partial charge in [-0.25, -0.2) is 0 Å². The topological polar surface area (TPSA) is 12.9 Å². The van der Waals surface area contributed by atoms with Crippen LogP contribution in [0.15, 0.2) is 73.1 Å². The second-order valence-corrected chi connectivity index (χ2v) is 7.60. The number of hydrogen-bond donors (Lipinski definition) is 0. The van der Waals surface area contributed by atoms with Crippen molar-refractivity contribution >= 4 is 47.0 Å². The van der Waals surface area contributed by atoms with Gasteiger partial charge in [-0.05, 0) is 48.9 Å². The number of benzene rings is 2. The van der Waals surface area contributed by atoms with Gasteiger partial charge in [-0.3, -0.25) is 4.98 Å². The molecule has 0 atom stereocenters. The van der Waals surface area contributed by atoms with Crippen LogP contribution in [0.25, 0.3) is 0 Å². The lowest BCUT2D eigenvalue weighted by Gasteiger charge is -2.19. The summed E-state index contributed by atoms with van der Waals surface area (Å²) < 4.78 is 0. The summed E-state index contributed by atoms with van der Waals surface area (Å²) in [6.07, 6.45) is 3.69. The lowest BCUT2D eigenvalue weighted by Crippen LogP contribution is -2.20. The van der Waals surface area contributed by atoms with Gasteiger partial charge < -0.3 is 0 Å². The first-order valence-corrected chi connectivity index (χ1v) is 8.55. The SMILES string of the molecule is Clc1cccc(P(c2cccnc2)c2cccc(Cl)c2)c1. The van der Waals surface area contributed by atoms with Crippen molar-refractivity contribution in [3.05, 3.63) is 83.1 Å². The third kappa shape index (κ3) is 3.44. The molecule has 3 rings (SSSR count). The van der Waals surface area contributed by atoms with Crippen LogP contribution in [-0.2, 0) is 0 Å². The van der Waals surface area contributed by atoms with E-state index < -0.39 is 7.92 Å². The van der Waals surface area contributed by atoms with Crippen molar-refractivity contribution in [2.24, 2.45) is 0 Å². The maximum absolute atomic E-state index is 6.16. The number of aromatic nitrogens is 1. The van der Waals surface area contributed by atoms with E-state index in [0.29, 0.717) is 0 Å². The molecule has 0 aliphatic rings. The summed E-state index contributed by atoms with van der Waals surface area (Å²) in [5.74, 6) is 0. The van der Waals surface area contributed by atoms with E-state index in [1.165, 1.54) is 15.9 Å². The molecule has 0 saturated heterocycles. The summed E-state index contributed by atoms with van der Waals surface area (Å²) in [5.41, 5.74) is 0. The zero-order chi connectivity index (χ0) is 14.7. The molecule has 1 heterocycles. The molecule has 0 fully saturated rings. The van der Waals surface area contributed by atoms with Gasteiger partial charge in [0.05, 0.1) is 0 Å². The molecular formula is C17H12Cl2NP. The minimum absolute atomic E-state index is 0.710. The Morgan fingerprint density at radius 3 is 1.76 bits per heavy atom. The summed E-state index contributed by atoms with van der Waals surface area (Å²) in [6.45, 7) is 0. The van der Waals surface area contributed by atoms with Crippen LogP contribution >= 0.6 is 31.1 Å². The number of hydrogen-bond acceptors (Lipinski definition) is 1. The molecule has 0 radical (unpaired) electrons. The lowest BCUT2D eigenvalue weighted by atomic mass is 10.4. The zero-order valence-electron chi connectivity index (χ0n) is 11.1. The molecule has 0 unspecified atom stereocenters. The summed E-state index contributed by atoms with van der Waals surface area (Å²) in [6, 6.07) is 20.0. The first kappa shape index (κ1) is 14.5. The van der Waals surface area contributed by atoms with Crippen LogP contribution in [0.3, 0.4) is 0 Å². The molecule has 0 amide bonds. The monoisotopic (exact) mass is 331 g/mol. The number of halogens is 2. The quantitative estimate of drug-likeness (QED) is 0.657. The third-order valence-electron chi connectivity index (χ3n) is 3.04. The maximum Gasteiger partial charge on any atom is 0.0412 e. The van der Waals surface area contributed by atoms with Gasteiger partial charge in [0.1, 0.15) is 0 Å². The molecule has 21 heavy (non-hydrogen) atoms. The normalized spacial score (nSPS) is 10.8. The average molecular weight is 332 g/mol. The van der Waals surface area contributed by atoms with Crippen LogP contribution in [0, 0.1) is 0 Å². The van der Waals surface area contributed by atoms with E-state index in [0.717, 1.165) is 10.0 Å². The van der Waals surface area contributed by atoms with Gasteiger partial charge in [-0.15, -0.1) is 0 Å². The molecule has 0 aliphatic heterocycles.